The van der Waals surface area contributed by atoms with Crippen LogP contribution in [0.2, 0.25) is 5.02 Å². The van der Waals surface area contributed by atoms with Crippen molar-refractivity contribution in [2.24, 2.45) is 17.8 Å². The summed E-state index contributed by atoms with van der Waals surface area (Å²) in [6.07, 6.45) is 3.77. The molecule has 0 radical (unpaired) electrons. The third-order valence-electron chi connectivity index (χ3n) is 7.90. The number of carbonyl (C=O) groups is 2. The average Bonchev–Trinajstić information content (AvgIpc) is 3.58. The highest BCUT2D eigenvalue weighted by molar-refractivity contribution is 8.00. The fourth-order valence-corrected chi connectivity index (χ4v) is 9.66. The number of rotatable bonds is 6. The number of aromatic nitrogens is 1. The lowest BCUT2D eigenvalue weighted by molar-refractivity contribution is -0.116. The molecule has 1 N–H and O–H groups in total. The van der Waals surface area contributed by atoms with E-state index in [0.717, 1.165) is 9.90 Å². The van der Waals surface area contributed by atoms with Gasteiger partial charge in [0.2, 0.25) is 5.91 Å². The Morgan fingerprint density at radius 1 is 1.08 bits per heavy atom. The third kappa shape index (κ3) is 4.53. The van der Waals surface area contributed by atoms with Crippen LogP contribution in [-0.4, -0.2) is 28.3 Å². The van der Waals surface area contributed by atoms with Crippen molar-refractivity contribution in [2.45, 2.75) is 48.9 Å². The van der Waals surface area contributed by atoms with E-state index in [-0.39, 0.29) is 23.2 Å². The summed E-state index contributed by atoms with van der Waals surface area (Å²) in [7, 11) is 0. The van der Waals surface area contributed by atoms with E-state index in [0.29, 0.717) is 45.9 Å². The molecule has 9 heteroatoms. The summed E-state index contributed by atoms with van der Waals surface area (Å²) in [5.41, 5.74) is 2.19. The minimum Gasteiger partial charge on any atom is -0.462 e. The molecule has 1 aromatic heterocycles. The Morgan fingerprint density at radius 3 is 2.54 bits per heavy atom. The molecule has 1 aliphatic heterocycles. The van der Waals surface area contributed by atoms with Crippen LogP contribution >= 0.6 is 34.7 Å². The minimum atomic E-state index is -0.400. The maximum absolute atomic E-state index is 13.2. The monoisotopic (exact) mass is 554 g/mol. The highest BCUT2D eigenvalue weighted by Crippen LogP contribution is 2.64. The van der Waals surface area contributed by atoms with E-state index in [1.54, 1.807) is 35.8 Å². The number of amides is 1. The maximum Gasteiger partial charge on any atom is 0.338 e. The highest BCUT2D eigenvalue weighted by Gasteiger charge is 2.55. The molecule has 2 saturated carbocycles. The average molecular weight is 555 g/mol. The lowest BCUT2D eigenvalue weighted by Gasteiger charge is -2.40. The molecule has 2 fully saturated rings. The lowest BCUT2D eigenvalue weighted by atomic mass is 9.75. The number of nitrogens with zero attached hydrogens (tertiary/aromatic N) is 1. The van der Waals surface area contributed by atoms with Gasteiger partial charge in [-0.1, -0.05) is 35.1 Å². The smallest absolute Gasteiger partial charge is 0.338 e. The van der Waals surface area contributed by atoms with Gasteiger partial charge in [-0.05, 0) is 85.9 Å². The van der Waals surface area contributed by atoms with Gasteiger partial charge in [0, 0.05) is 26.8 Å². The first-order valence-corrected chi connectivity index (χ1v) is 14.7. The fourth-order valence-electron chi connectivity index (χ4n) is 6.38. The molecular weight excluding hydrogens is 528 g/mol. The van der Waals surface area contributed by atoms with Crippen molar-refractivity contribution >= 4 is 52.3 Å². The van der Waals surface area contributed by atoms with Gasteiger partial charge in [-0.3, -0.25) is 14.2 Å². The second-order valence-corrected chi connectivity index (χ2v) is 12.6. The second kappa shape index (κ2) is 9.97. The van der Waals surface area contributed by atoms with Crippen LogP contribution in [0.5, 0.6) is 0 Å². The predicted molar refractivity (Wildman–Crippen MR) is 147 cm³/mol. The number of thiazole rings is 1. The molecule has 2 heterocycles. The Bertz CT molecular complexity index is 1400. The Kier molecular flexibility index (Phi) is 6.67. The molecule has 2 bridgehead atoms. The number of halogens is 1. The summed E-state index contributed by atoms with van der Waals surface area (Å²) in [4.78, 5) is 39.1. The SMILES string of the molecule is CCOC(=O)c1ccc(NC(=O)Cn2c3c(sc2=O)[C@H](c2ccc(Cl)cc2)C2C4CCC(C4)C2S3)cc1. The maximum atomic E-state index is 13.2. The number of thioether (sulfide) groups is 1. The normalized spacial score (nSPS) is 25.4. The van der Waals surface area contributed by atoms with Gasteiger partial charge in [0.25, 0.3) is 0 Å². The van der Waals surface area contributed by atoms with Crippen LogP contribution in [0.1, 0.15) is 52.9 Å². The van der Waals surface area contributed by atoms with Crippen molar-refractivity contribution in [2.75, 3.05) is 11.9 Å². The standard InChI is InChI=1S/C28H27ClN2O4S2/c1-2-35-27(33)16-7-11-20(12-8-16)30-21(32)14-31-26-25(37-28(31)34)22(15-5-9-19(29)10-6-15)23-17-3-4-18(13-17)24(23)36-26/h5-12,17-18,22-24H,2-4,13-14H2,1H3,(H,30,32)/t17?,18?,22-,23?,24?/m1/s1. The summed E-state index contributed by atoms with van der Waals surface area (Å²) in [6, 6.07) is 14.6. The molecule has 0 saturated heterocycles. The van der Waals surface area contributed by atoms with E-state index in [9.17, 15) is 14.4 Å². The predicted octanol–water partition coefficient (Wildman–Crippen LogP) is 6.03. The van der Waals surface area contributed by atoms with Crippen molar-refractivity contribution in [3.05, 3.63) is 79.2 Å². The minimum absolute atomic E-state index is 0.0455. The highest BCUT2D eigenvalue weighted by atomic mass is 35.5. The van der Waals surface area contributed by atoms with Crippen molar-refractivity contribution in [3.8, 4) is 0 Å². The van der Waals surface area contributed by atoms with E-state index in [2.05, 4.69) is 17.4 Å². The zero-order chi connectivity index (χ0) is 25.7. The number of anilines is 1. The summed E-state index contributed by atoms with van der Waals surface area (Å²) in [6.45, 7) is 2.01. The van der Waals surface area contributed by atoms with E-state index < -0.39 is 5.97 Å². The molecule has 4 unspecified atom stereocenters. The number of benzene rings is 2. The Hall–Kier alpha value is -2.55. The van der Waals surface area contributed by atoms with E-state index in [4.69, 9.17) is 16.3 Å². The van der Waals surface area contributed by atoms with Gasteiger partial charge >= 0.3 is 10.8 Å². The van der Waals surface area contributed by atoms with E-state index in [1.165, 1.54) is 36.2 Å². The van der Waals surface area contributed by atoms with Crippen molar-refractivity contribution < 1.29 is 14.3 Å². The van der Waals surface area contributed by atoms with Crippen LogP contribution in [0, 0.1) is 17.8 Å². The molecule has 6 nitrogen and oxygen atoms in total. The molecular formula is C28H27ClN2O4S2. The van der Waals surface area contributed by atoms with Gasteiger partial charge in [-0.2, -0.15) is 0 Å². The van der Waals surface area contributed by atoms with Gasteiger partial charge in [0.15, 0.2) is 0 Å². The van der Waals surface area contributed by atoms with Gasteiger partial charge in [0.1, 0.15) is 6.54 Å². The molecule has 192 valence electrons. The van der Waals surface area contributed by atoms with Crippen LogP contribution in [-0.2, 0) is 16.1 Å². The zero-order valence-corrected chi connectivity index (χ0v) is 22.7. The first-order chi connectivity index (χ1) is 17.9. The molecule has 6 rings (SSSR count). The molecule has 37 heavy (non-hydrogen) atoms. The fraction of sp³-hybridized carbons (Fsp3) is 0.393. The quantitative estimate of drug-likeness (QED) is 0.376. The number of ether oxygens (including phenoxy) is 1. The first-order valence-electron chi connectivity index (χ1n) is 12.7. The zero-order valence-electron chi connectivity index (χ0n) is 20.3. The van der Waals surface area contributed by atoms with Gasteiger partial charge in [-0.25, -0.2) is 4.79 Å². The number of carbonyl (C=O) groups excluding carboxylic acids is 2. The second-order valence-electron chi connectivity index (χ2n) is 9.99. The summed E-state index contributed by atoms with van der Waals surface area (Å²) < 4.78 is 6.66. The van der Waals surface area contributed by atoms with Crippen molar-refractivity contribution in [1.82, 2.24) is 4.57 Å². The molecule has 1 amide bonds. The van der Waals surface area contributed by atoms with Crippen LogP contribution in [0.3, 0.4) is 0 Å². The number of nitrogens with one attached hydrogen (secondary N) is 1. The molecule has 3 aromatic rings. The number of hydrogen-bond donors (Lipinski definition) is 1. The van der Waals surface area contributed by atoms with Crippen molar-refractivity contribution in [1.29, 1.82) is 0 Å². The van der Waals surface area contributed by atoms with E-state index >= 15 is 0 Å². The van der Waals surface area contributed by atoms with Crippen LogP contribution in [0.4, 0.5) is 5.69 Å². The molecule has 5 atom stereocenters. The summed E-state index contributed by atoms with van der Waals surface area (Å²) in [5.74, 6) is 1.34. The summed E-state index contributed by atoms with van der Waals surface area (Å²) in [5, 5.41) is 4.97. The van der Waals surface area contributed by atoms with Gasteiger partial charge < -0.3 is 10.1 Å². The van der Waals surface area contributed by atoms with Crippen molar-refractivity contribution in [3.63, 3.8) is 0 Å². The molecule has 2 aromatic carbocycles. The molecule has 0 spiro atoms. The third-order valence-corrected chi connectivity index (χ3v) is 11.0. The number of hydrogen-bond acceptors (Lipinski definition) is 6. The molecule has 3 aliphatic rings. The van der Waals surface area contributed by atoms with E-state index in [1.807, 2.05) is 23.9 Å². The first kappa shape index (κ1) is 24.8. The topological polar surface area (TPSA) is 77.4 Å². The molecule has 2 aliphatic carbocycles. The van der Waals surface area contributed by atoms with Crippen LogP contribution in [0.25, 0.3) is 0 Å². The Balaban J connectivity index is 1.27. The largest absolute Gasteiger partial charge is 0.462 e. The lowest BCUT2D eigenvalue weighted by Crippen LogP contribution is -2.34. The van der Waals surface area contributed by atoms with Gasteiger partial charge in [0.05, 0.1) is 17.2 Å². The Labute approximate surface area is 228 Å². The van der Waals surface area contributed by atoms with Crippen LogP contribution in [0.15, 0.2) is 58.4 Å². The van der Waals surface area contributed by atoms with Crippen LogP contribution < -0.4 is 10.2 Å². The Morgan fingerprint density at radius 2 is 1.81 bits per heavy atom. The number of fused-ring (bicyclic) bond motifs is 6. The number of esters is 1. The summed E-state index contributed by atoms with van der Waals surface area (Å²) >= 11 is 9.29. The van der Waals surface area contributed by atoms with Gasteiger partial charge in [-0.15, -0.1) is 11.8 Å².